The fourth-order valence-electron chi connectivity index (χ4n) is 7.01. The van der Waals surface area contributed by atoms with Gasteiger partial charge in [-0.1, -0.05) is 61.4 Å². The Bertz CT molecular complexity index is 1230. The van der Waals surface area contributed by atoms with Crippen LogP contribution in [0.3, 0.4) is 0 Å². The van der Waals surface area contributed by atoms with Crippen molar-refractivity contribution >= 4 is 11.8 Å². The van der Waals surface area contributed by atoms with Crippen LogP contribution < -0.4 is 10.6 Å². The number of carbonyl (C=O) groups is 2. The van der Waals surface area contributed by atoms with E-state index in [1.807, 2.05) is 69.3 Å². The van der Waals surface area contributed by atoms with Crippen LogP contribution in [0.1, 0.15) is 107 Å². The van der Waals surface area contributed by atoms with Crippen LogP contribution in [0.5, 0.6) is 0 Å². The number of piperidine rings is 1. The summed E-state index contributed by atoms with van der Waals surface area (Å²) in [5.41, 5.74) is 3.55. The van der Waals surface area contributed by atoms with Crippen LogP contribution in [0.25, 0.3) is 0 Å². The fourth-order valence-corrected chi connectivity index (χ4v) is 7.01. The lowest BCUT2D eigenvalue weighted by Gasteiger charge is -2.50. The molecule has 0 bridgehead atoms. The fraction of sp³-hybridized carbons (Fsp3) is 0.600. The van der Waals surface area contributed by atoms with Crippen molar-refractivity contribution in [2.45, 2.75) is 122 Å². The van der Waals surface area contributed by atoms with E-state index in [-0.39, 0.29) is 42.2 Å². The van der Waals surface area contributed by atoms with Gasteiger partial charge in [0.15, 0.2) is 6.29 Å². The summed E-state index contributed by atoms with van der Waals surface area (Å²) >= 11 is 0. The molecule has 6 atom stereocenters. The van der Waals surface area contributed by atoms with Crippen LogP contribution in [0, 0.1) is 5.92 Å². The molecule has 5 rings (SSSR count). The molecule has 3 fully saturated rings. The zero-order valence-electron chi connectivity index (χ0n) is 26.2. The third-order valence-corrected chi connectivity index (χ3v) is 9.13. The zero-order valence-corrected chi connectivity index (χ0v) is 26.2. The number of benzene rings is 2. The molecule has 234 valence electrons. The summed E-state index contributed by atoms with van der Waals surface area (Å²) in [6, 6.07) is 16.2. The maximum absolute atomic E-state index is 13.6. The second-order valence-electron chi connectivity index (χ2n) is 13.6. The van der Waals surface area contributed by atoms with Gasteiger partial charge in [-0.2, -0.15) is 0 Å². The van der Waals surface area contributed by atoms with Gasteiger partial charge in [0.1, 0.15) is 0 Å². The summed E-state index contributed by atoms with van der Waals surface area (Å²) in [5.74, 6) is 0.681. The van der Waals surface area contributed by atoms with Crippen LogP contribution in [-0.4, -0.2) is 52.1 Å². The average molecular weight is 592 g/mol. The van der Waals surface area contributed by atoms with Crippen molar-refractivity contribution in [3.05, 3.63) is 70.8 Å². The molecule has 0 spiro atoms. The van der Waals surface area contributed by atoms with Gasteiger partial charge in [-0.05, 0) is 69.1 Å². The van der Waals surface area contributed by atoms with Crippen molar-refractivity contribution in [2.24, 2.45) is 5.92 Å². The average Bonchev–Trinajstić information content (AvgIpc) is 2.99. The van der Waals surface area contributed by atoms with Gasteiger partial charge >= 0.3 is 0 Å². The Morgan fingerprint density at radius 1 is 0.907 bits per heavy atom. The normalized spacial score (nSPS) is 28.1. The summed E-state index contributed by atoms with van der Waals surface area (Å²) in [5, 5.41) is 15.7. The molecule has 3 aliphatic rings. The van der Waals surface area contributed by atoms with Crippen molar-refractivity contribution in [2.75, 3.05) is 6.54 Å². The monoisotopic (exact) mass is 591 g/mol. The van der Waals surface area contributed by atoms with Gasteiger partial charge in [-0.3, -0.25) is 14.5 Å². The summed E-state index contributed by atoms with van der Waals surface area (Å²) < 4.78 is 13.3. The van der Waals surface area contributed by atoms with E-state index in [0.29, 0.717) is 31.5 Å². The lowest BCUT2D eigenvalue weighted by molar-refractivity contribution is -0.255. The van der Waals surface area contributed by atoms with Crippen LogP contribution in [-0.2, 0) is 32.2 Å². The van der Waals surface area contributed by atoms with Crippen molar-refractivity contribution < 1.29 is 24.2 Å². The number of aliphatic hydroxyl groups is 1. The Morgan fingerprint density at radius 3 is 2.26 bits per heavy atom. The van der Waals surface area contributed by atoms with Gasteiger partial charge in [0.05, 0.1) is 24.9 Å². The first kappa shape index (κ1) is 31.6. The van der Waals surface area contributed by atoms with E-state index in [2.05, 4.69) is 15.5 Å². The van der Waals surface area contributed by atoms with E-state index in [4.69, 9.17) is 9.47 Å². The molecule has 2 aromatic carbocycles. The SMILES string of the molecule is CC(=O)NCc1ccc([C@H]2O[C@@H](CN3[C@@H](C(=O)NC(C)(C)C)CC[C@H]4CCCC[C@H]43)C[C@@H](c3ccc(CO)cc3)O2)cc1. The topological polar surface area (TPSA) is 100 Å². The second-order valence-corrected chi connectivity index (χ2v) is 13.6. The molecule has 1 aliphatic carbocycles. The molecule has 1 saturated carbocycles. The highest BCUT2D eigenvalue weighted by Crippen LogP contribution is 2.42. The first-order valence-electron chi connectivity index (χ1n) is 16.0. The summed E-state index contributed by atoms with van der Waals surface area (Å²) in [6.07, 6.45) is 6.59. The van der Waals surface area contributed by atoms with E-state index in [0.717, 1.165) is 41.5 Å². The van der Waals surface area contributed by atoms with Crippen molar-refractivity contribution in [1.29, 1.82) is 0 Å². The number of fused-ring (bicyclic) bond motifs is 1. The standard InChI is InChI=1S/C35H49N3O5/c1-23(40)36-20-24-9-15-28(16-10-24)34-42-29(19-32(43-34)27-13-11-25(22-39)12-14-27)21-38-30-8-6-5-7-26(30)17-18-31(38)33(41)37-35(2,3)4/h9-16,26,29-32,34,39H,5-8,17-22H2,1-4H3,(H,36,40)(H,37,41)/t26-,29-,30-,31-,32+,34+/m1/s1. The number of amides is 2. The molecule has 3 N–H and O–H groups in total. The summed E-state index contributed by atoms with van der Waals surface area (Å²) in [6.45, 7) is 8.79. The number of likely N-dealkylation sites (tertiary alicyclic amines) is 1. The number of aliphatic hydroxyl groups excluding tert-OH is 1. The van der Waals surface area contributed by atoms with Gasteiger partial charge in [0, 0.05) is 43.6 Å². The van der Waals surface area contributed by atoms with Crippen LogP contribution >= 0.6 is 0 Å². The van der Waals surface area contributed by atoms with Crippen LogP contribution in [0.15, 0.2) is 48.5 Å². The molecule has 0 aromatic heterocycles. The number of nitrogens with one attached hydrogen (secondary N) is 2. The molecule has 2 amide bonds. The maximum atomic E-state index is 13.6. The Labute approximate surface area is 256 Å². The quantitative estimate of drug-likeness (QED) is 0.386. The van der Waals surface area contributed by atoms with Crippen LogP contribution in [0.4, 0.5) is 0 Å². The zero-order chi connectivity index (χ0) is 30.6. The molecule has 8 nitrogen and oxygen atoms in total. The predicted octanol–water partition coefficient (Wildman–Crippen LogP) is 5.30. The molecular weight excluding hydrogens is 542 g/mol. The Hall–Kier alpha value is -2.78. The van der Waals surface area contributed by atoms with Crippen molar-refractivity contribution in [3.8, 4) is 0 Å². The minimum atomic E-state index is -0.565. The molecular formula is C35H49N3O5. The van der Waals surface area contributed by atoms with Gasteiger partial charge in [0.25, 0.3) is 0 Å². The van der Waals surface area contributed by atoms with E-state index in [1.165, 1.54) is 26.2 Å². The van der Waals surface area contributed by atoms with Gasteiger partial charge in [-0.25, -0.2) is 0 Å². The van der Waals surface area contributed by atoms with Crippen molar-refractivity contribution in [1.82, 2.24) is 15.5 Å². The second kappa shape index (κ2) is 13.9. The Morgan fingerprint density at radius 2 is 1.58 bits per heavy atom. The first-order chi connectivity index (χ1) is 20.6. The lowest BCUT2D eigenvalue weighted by atomic mass is 9.75. The molecule has 43 heavy (non-hydrogen) atoms. The predicted molar refractivity (Wildman–Crippen MR) is 166 cm³/mol. The first-order valence-corrected chi connectivity index (χ1v) is 16.0. The number of carbonyl (C=O) groups excluding carboxylic acids is 2. The number of hydrogen-bond acceptors (Lipinski definition) is 6. The number of nitrogens with zero attached hydrogens (tertiary/aromatic N) is 1. The number of ether oxygens (including phenoxy) is 2. The molecule has 8 heteroatoms. The molecule has 2 aliphatic heterocycles. The number of hydrogen-bond donors (Lipinski definition) is 3. The summed E-state index contributed by atoms with van der Waals surface area (Å²) in [4.78, 5) is 27.5. The number of rotatable bonds is 8. The van der Waals surface area contributed by atoms with E-state index >= 15 is 0 Å². The minimum absolute atomic E-state index is 0.000528. The third kappa shape index (κ3) is 8.24. The van der Waals surface area contributed by atoms with Crippen LogP contribution in [0.2, 0.25) is 0 Å². The van der Waals surface area contributed by atoms with E-state index in [1.54, 1.807) is 0 Å². The Kier molecular flexibility index (Phi) is 10.2. The van der Waals surface area contributed by atoms with Gasteiger partial charge < -0.3 is 25.2 Å². The molecule has 0 radical (unpaired) electrons. The smallest absolute Gasteiger partial charge is 0.237 e. The molecule has 0 unspecified atom stereocenters. The van der Waals surface area contributed by atoms with Crippen molar-refractivity contribution in [3.63, 3.8) is 0 Å². The third-order valence-electron chi connectivity index (χ3n) is 9.13. The van der Waals surface area contributed by atoms with Gasteiger partial charge in [0.2, 0.25) is 11.8 Å². The maximum Gasteiger partial charge on any atom is 0.237 e. The highest BCUT2D eigenvalue weighted by molar-refractivity contribution is 5.82. The van der Waals surface area contributed by atoms with Gasteiger partial charge in [-0.15, -0.1) is 0 Å². The highest BCUT2D eigenvalue weighted by Gasteiger charge is 2.44. The molecule has 2 heterocycles. The largest absolute Gasteiger partial charge is 0.392 e. The highest BCUT2D eigenvalue weighted by atomic mass is 16.7. The summed E-state index contributed by atoms with van der Waals surface area (Å²) in [7, 11) is 0. The minimum Gasteiger partial charge on any atom is -0.392 e. The molecule has 2 saturated heterocycles. The lowest BCUT2D eigenvalue weighted by Crippen LogP contribution is -2.61. The van der Waals surface area contributed by atoms with E-state index in [9.17, 15) is 14.7 Å². The molecule has 2 aromatic rings. The Balaban J connectivity index is 1.40. The van der Waals surface area contributed by atoms with E-state index < -0.39 is 6.29 Å².